The van der Waals surface area contributed by atoms with Gasteiger partial charge in [-0.1, -0.05) is 54.6 Å². The van der Waals surface area contributed by atoms with E-state index in [9.17, 15) is 4.79 Å². The molecule has 0 aliphatic rings. The van der Waals surface area contributed by atoms with Crippen LogP contribution in [-0.2, 0) is 11.3 Å². The molecule has 23 heavy (non-hydrogen) atoms. The lowest BCUT2D eigenvalue weighted by Crippen LogP contribution is -2.24. The molecule has 0 aliphatic heterocycles. The molecular formula is C18H17N3O2. The second kappa shape index (κ2) is 7.26. The monoisotopic (exact) mass is 307 g/mol. The van der Waals surface area contributed by atoms with Crippen LogP contribution in [0.1, 0.15) is 11.1 Å². The van der Waals surface area contributed by atoms with E-state index in [2.05, 4.69) is 15.5 Å². The molecule has 3 rings (SSSR count). The Bertz CT molecular complexity index is 809. The lowest BCUT2D eigenvalue weighted by Gasteiger charge is -2.05. The fourth-order valence-electron chi connectivity index (χ4n) is 2.24. The molecule has 0 spiro atoms. The van der Waals surface area contributed by atoms with Gasteiger partial charge in [0.1, 0.15) is 6.61 Å². The van der Waals surface area contributed by atoms with E-state index in [-0.39, 0.29) is 6.61 Å². The van der Waals surface area contributed by atoms with Crippen molar-refractivity contribution in [2.75, 3.05) is 6.54 Å². The number of aromatic nitrogens is 2. The molecule has 116 valence electrons. The zero-order chi connectivity index (χ0) is 15.9. The topological polar surface area (TPSA) is 67.0 Å². The summed E-state index contributed by atoms with van der Waals surface area (Å²) in [6.07, 6.45) is 5.19. The van der Waals surface area contributed by atoms with Crippen LogP contribution >= 0.6 is 0 Å². The minimum Gasteiger partial charge on any atom is -0.445 e. The van der Waals surface area contributed by atoms with Gasteiger partial charge in [0, 0.05) is 11.9 Å². The molecular weight excluding hydrogens is 290 g/mol. The number of hydrogen-bond acceptors (Lipinski definition) is 3. The SMILES string of the molecule is O=C(NCC=Cc1cccc2[nH]ncc12)OCc1ccccc1. The van der Waals surface area contributed by atoms with Crippen molar-refractivity contribution in [3.63, 3.8) is 0 Å². The fraction of sp³-hybridized carbons (Fsp3) is 0.111. The highest BCUT2D eigenvalue weighted by Gasteiger charge is 2.01. The smallest absolute Gasteiger partial charge is 0.407 e. The molecule has 1 aromatic heterocycles. The van der Waals surface area contributed by atoms with Gasteiger partial charge >= 0.3 is 6.09 Å². The number of benzene rings is 2. The Morgan fingerprint density at radius 1 is 1.17 bits per heavy atom. The van der Waals surface area contributed by atoms with Crippen molar-refractivity contribution in [2.45, 2.75) is 6.61 Å². The fourth-order valence-corrected chi connectivity index (χ4v) is 2.24. The molecule has 2 N–H and O–H groups in total. The van der Waals surface area contributed by atoms with E-state index >= 15 is 0 Å². The number of fused-ring (bicyclic) bond motifs is 1. The van der Waals surface area contributed by atoms with Gasteiger partial charge in [-0.15, -0.1) is 0 Å². The van der Waals surface area contributed by atoms with Crippen molar-refractivity contribution in [1.29, 1.82) is 0 Å². The largest absolute Gasteiger partial charge is 0.445 e. The highest BCUT2D eigenvalue weighted by Crippen LogP contribution is 2.16. The molecule has 0 saturated heterocycles. The summed E-state index contributed by atoms with van der Waals surface area (Å²) in [5.41, 5.74) is 3.00. The quantitative estimate of drug-likeness (QED) is 0.758. The second-order valence-corrected chi connectivity index (χ2v) is 5.02. The molecule has 1 heterocycles. The summed E-state index contributed by atoms with van der Waals surface area (Å²) < 4.78 is 5.14. The van der Waals surface area contributed by atoms with E-state index in [1.54, 1.807) is 6.20 Å². The number of H-pyrrole nitrogens is 1. The molecule has 0 fully saturated rings. The van der Waals surface area contributed by atoms with Gasteiger partial charge < -0.3 is 10.1 Å². The van der Waals surface area contributed by atoms with Crippen LogP contribution in [-0.4, -0.2) is 22.8 Å². The zero-order valence-electron chi connectivity index (χ0n) is 12.5. The first-order valence-corrected chi connectivity index (χ1v) is 7.36. The molecule has 0 atom stereocenters. The first kappa shape index (κ1) is 14.8. The van der Waals surface area contributed by atoms with Crippen molar-refractivity contribution in [2.24, 2.45) is 0 Å². The van der Waals surface area contributed by atoms with Crippen LogP contribution in [0.5, 0.6) is 0 Å². The third kappa shape index (κ3) is 3.97. The normalized spacial score (nSPS) is 11.0. The van der Waals surface area contributed by atoms with Crippen LogP contribution in [0.2, 0.25) is 0 Å². The maximum atomic E-state index is 11.6. The van der Waals surface area contributed by atoms with Gasteiger partial charge in [-0.05, 0) is 17.2 Å². The predicted molar refractivity (Wildman–Crippen MR) is 89.8 cm³/mol. The number of amides is 1. The Balaban J connectivity index is 1.47. The van der Waals surface area contributed by atoms with Crippen molar-refractivity contribution in [1.82, 2.24) is 15.5 Å². The van der Waals surface area contributed by atoms with Crippen LogP contribution < -0.4 is 5.32 Å². The van der Waals surface area contributed by atoms with E-state index in [1.165, 1.54) is 0 Å². The summed E-state index contributed by atoms with van der Waals surface area (Å²) in [6, 6.07) is 15.5. The number of rotatable bonds is 5. The van der Waals surface area contributed by atoms with E-state index in [0.29, 0.717) is 6.54 Å². The lowest BCUT2D eigenvalue weighted by atomic mass is 10.1. The molecule has 3 aromatic rings. The van der Waals surface area contributed by atoms with Crippen LogP contribution in [0.4, 0.5) is 4.79 Å². The minimum absolute atomic E-state index is 0.269. The summed E-state index contributed by atoms with van der Waals surface area (Å²) in [5.74, 6) is 0. The number of nitrogens with one attached hydrogen (secondary N) is 2. The number of ether oxygens (including phenoxy) is 1. The Hall–Kier alpha value is -3.08. The number of carbonyl (C=O) groups is 1. The minimum atomic E-state index is -0.431. The Kier molecular flexibility index (Phi) is 4.69. The summed E-state index contributed by atoms with van der Waals surface area (Å²) in [6.45, 7) is 0.673. The molecule has 0 saturated carbocycles. The highest BCUT2D eigenvalue weighted by atomic mass is 16.5. The Labute approximate surface area is 134 Å². The lowest BCUT2D eigenvalue weighted by molar-refractivity contribution is 0.141. The van der Waals surface area contributed by atoms with Crippen molar-refractivity contribution < 1.29 is 9.53 Å². The second-order valence-electron chi connectivity index (χ2n) is 5.02. The van der Waals surface area contributed by atoms with Crippen LogP contribution in [0.25, 0.3) is 17.0 Å². The van der Waals surface area contributed by atoms with Gasteiger partial charge in [-0.2, -0.15) is 5.10 Å². The number of carbonyl (C=O) groups excluding carboxylic acids is 1. The molecule has 5 heteroatoms. The van der Waals surface area contributed by atoms with Gasteiger partial charge in [-0.25, -0.2) is 4.79 Å². The standard InChI is InChI=1S/C18H17N3O2/c22-18(23-13-14-6-2-1-3-7-14)19-11-5-9-15-8-4-10-17-16(15)12-20-21-17/h1-10,12H,11,13H2,(H,19,22)(H,20,21). The summed E-state index contributed by atoms with van der Waals surface area (Å²) >= 11 is 0. The third-order valence-corrected chi connectivity index (χ3v) is 3.39. The first-order chi connectivity index (χ1) is 11.3. The van der Waals surface area contributed by atoms with E-state index in [0.717, 1.165) is 22.0 Å². The molecule has 0 unspecified atom stereocenters. The van der Waals surface area contributed by atoms with Gasteiger partial charge in [-0.3, -0.25) is 5.10 Å². The summed E-state index contributed by atoms with van der Waals surface area (Å²) in [7, 11) is 0. The maximum Gasteiger partial charge on any atom is 0.407 e. The third-order valence-electron chi connectivity index (χ3n) is 3.39. The maximum absolute atomic E-state index is 11.6. The van der Waals surface area contributed by atoms with E-state index < -0.39 is 6.09 Å². The Morgan fingerprint density at radius 3 is 2.91 bits per heavy atom. The van der Waals surface area contributed by atoms with Gasteiger partial charge in [0.2, 0.25) is 0 Å². The molecule has 0 radical (unpaired) electrons. The highest BCUT2D eigenvalue weighted by molar-refractivity contribution is 5.87. The number of hydrogen-bond donors (Lipinski definition) is 2. The summed E-state index contributed by atoms with van der Waals surface area (Å²) in [4.78, 5) is 11.6. The van der Waals surface area contributed by atoms with Gasteiger partial charge in [0.05, 0.1) is 11.7 Å². The van der Waals surface area contributed by atoms with E-state index in [4.69, 9.17) is 4.74 Å². The molecule has 0 bridgehead atoms. The zero-order valence-corrected chi connectivity index (χ0v) is 12.5. The van der Waals surface area contributed by atoms with Crippen molar-refractivity contribution in [3.05, 3.63) is 71.9 Å². The van der Waals surface area contributed by atoms with Crippen LogP contribution in [0, 0.1) is 0 Å². The molecule has 5 nitrogen and oxygen atoms in total. The molecule has 0 aliphatic carbocycles. The number of aromatic amines is 1. The molecule has 1 amide bonds. The average molecular weight is 307 g/mol. The van der Waals surface area contributed by atoms with E-state index in [1.807, 2.05) is 60.7 Å². The molecule has 2 aromatic carbocycles. The van der Waals surface area contributed by atoms with Crippen molar-refractivity contribution in [3.8, 4) is 0 Å². The van der Waals surface area contributed by atoms with Crippen molar-refractivity contribution >= 4 is 23.1 Å². The Morgan fingerprint density at radius 2 is 2.04 bits per heavy atom. The van der Waals surface area contributed by atoms with Crippen LogP contribution in [0.3, 0.4) is 0 Å². The predicted octanol–water partition coefficient (Wildman–Crippen LogP) is 3.50. The number of nitrogens with zero attached hydrogens (tertiary/aromatic N) is 1. The van der Waals surface area contributed by atoms with Crippen LogP contribution in [0.15, 0.2) is 60.8 Å². The average Bonchev–Trinajstić information content (AvgIpc) is 3.07. The summed E-state index contributed by atoms with van der Waals surface area (Å²) in [5, 5.41) is 10.7. The van der Waals surface area contributed by atoms with Gasteiger partial charge in [0.15, 0.2) is 0 Å². The van der Waals surface area contributed by atoms with Gasteiger partial charge in [0.25, 0.3) is 0 Å². The first-order valence-electron chi connectivity index (χ1n) is 7.36. The number of alkyl carbamates (subject to hydrolysis) is 1.